The van der Waals surface area contributed by atoms with E-state index in [2.05, 4.69) is 4.99 Å². The average Bonchev–Trinajstić information content (AvgIpc) is 2.00. The van der Waals surface area contributed by atoms with Crippen LogP contribution in [0.4, 0.5) is 0 Å². The summed E-state index contributed by atoms with van der Waals surface area (Å²) in [5.41, 5.74) is 0.618. The molecule has 0 aromatic rings. The molecular formula is C8H13NO. The third-order valence-electron chi connectivity index (χ3n) is 1.06. The van der Waals surface area contributed by atoms with E-state index in [1.54, 1.807) is 19.1 Å². The van der Waals surface area contributed by atoms with Crippen LogP contribution >= 0.6 is 0 Å². The molecule has 1 rings (SSSR count). The van der Waals surface area contributed by atoms with Crippen LogP contribution in [0.25, 0.3) is 0 Å². The van der Waals surface area contributed by atoms with Crippen molar-refractivity contribution in [3.63, 3.8) is 0 Å². The summed E-state index contributed by atoms with van der Waals surface area (Å²) >= 11 is 0. The van der Waals surface area contributed by atoms with Crippen LogP contribution in [0.1, 0.15) is 20.8 Å². The zero-order chi connectivity index (χ0) is 7.98. The van der Waals surface area contributed by atoms with Gasteiger partial charge < -0.3 is 0 Å². The summed E-state index contributed by atoms with van der Waals surface area (Å²) < 4.78 is 0. The van der Waals surface area contributed by atoms with Crippen LogP contribution in [0, 0.1) is 0 Å². The molecule has 0 aromatic carbocycles. The predicted molar refractivity (Wildman–Crippen MR) is 43.5 cm³/mol. The van der Waals surface area contributed by atoms with Gasteiger partial charge >= 0.3 is 0 Å². The Morgan fingerprint density at radius 3 is 2.40 bits per heavy atom. The van der Waals surface area contributed by atoms with Gasteiger partial charge in [-0.3, -0.25) is 9.79 Å². The fraction of sp³-hybridized carbons (Fsp3) is 0.500. The number of rotatable bonds is 0. The molecule has 0 atom stereocenters. The van der Waals surface area contributed by atoms with Crippen LogP contribution in [-0.2, 0) is 4.79 Å². The largest absolute Gasteiger partial charge is 0.288 e. The Hall–Kier alpha value is -0.920. The van der Waals surface area contributed by atoms with E-state index in [9.17, 15) is 4.79 Å². The number of ketones is 1. The minimum atomic E-state index is 0.0382. The van der Waals surface area contributed by atoms with E-state index in [-0.39, 0.29) is 5.78 Å². The second-order valence-electron chi connectivity index (χ2n) is 1.69. The minimum Gasteiger partial charge on any atom is -0.288 e. The second kappa shape index (κ2) is 4.91. The first kappa shape index (κ1) is 9.08. The van der Waals surface area contributed by atoms with Gasteiger partial charge in [0.15, 0.2) is 5.78 Å². The molecule has 0 aliphatic carbocycles. The molecule has 0 aromatic heterocycles. The molecular weight excluding hydrogens is 126 g/mol. The zero-order valence-electron chi connectivity index (χ0n) is 6.72. The number of aliphatic imine (C=N–C) groups is 1. The van der Waals surface area contributed by atoms with Gasteiger partial charge in [0.25, 0.3) is 0 Å². The first-order chi connectivity index (χ1) is 4.80. The fourth-order valence-electron chi connectivity index (χ4n) is 0.548. The van der Waals surface area contributed by atoms with Gasteiger partial charge in [-0.05, 0) is 13.0 Å². The van der Waals surface area contributed by atoms with Crippen molar-refractivity contribution < 1.29 is 4.79 Å². The van der Waals surface area contributed by atoms with Crippen molar-refractivity contribution in [3.05, 3.63) is 12.2 Å². The molecule has 1 heterocycles. The molecule has 0 saturated carbocycles. The van der Waals surface area contributed by atoms with Crippen LogP contribution in [0.3, 0.4) is 0 Å². The second-order valence-corrected chi connectivity index (χ2v) is 1.69. The van der Waals surface area contributed by atoms with Gasteiger partial charge in [-0.25, -0.2) is 0 Å². The highest BCUT2D eigenvalue weighted by atomic mass is 16.1. The molecule has 1 aliphatic heterocycles. The first-order valence-corrected chi connectivity index (χ1v) is 3.52. The van der Waals surface area contributed by atoms with E-state index in [0.717, 1.165) is 0 Å². The number of dihydropyridines is 1. The van der Waals surface area contributed by atoms with Gasteiger partial charge in [-0.1, -0.05) is 19.9 Å². The monoisotopic (exact) mass is 139 g/mol. The summed E-state index contributed by atoms with van der Waals surface area (Å²) in [6, 6.07) is 0. The highest BCUT2D eigenvalue weighted by Gasteiger charge is 2.02. The molecule has 0 bridgehead atoms. The molecule has 10 heavy (non-hydrogen) atoms. The van der Waals surface area contributed by atoms with Crippen molar-refractivity contribution in [3.8, 4) is 0 Å². The molecule has 2 heteroatoms. The Bertz CT molecular complexity index is 168. The van der Waals surface area contributed by atoms with Crippen molar-refractivity contribution in [2.24, 2.45) is 4.99 Å². The molecule has 0 amide bonds. The van der Waals surface area contributed by atoms with E-state index in [4.69, 9.17) is 0 Å². The molecule has 0 spiro atoms. The summed E-state index contributed by atoms with van der Waals surface area (Å²) in [4.78, 5) is 14.5. The quantitative estimate of drug-likeness (QED) is 0.501. The summed E-state index contributed by atoms with van der Waals surface area (Å²) in [6.07, 6.45) is 3.32. The fourth-order valence-corrected chi connectivity index (χ4v) is 0.548. The van der Waals surface area contributed by atoms with Crippen LogP contribution in [0.15, 0.2) is 17.1 Å². The standard InChI is InChI=1S/C6H7NO.C2H6/c1-5-6(8)3-2-4-7-5;1-2/h2-3H,4H2,1H3;1-2H3. The van der Waals surface area contributed by atoms with Crippen molar-refractivity contribution >= 4 is 11.5 Å². The lowest BCUT2D eigenvalue weighted by molar-refractivity contribution is -0.109. The highest BCUT2D eigenvalue weighted by Crippen LogP contribution is 1.90. The van der Waals surface area contributed by atoms with E-state index >= 15 is 0 Å². The maximum Gasteiger partial charge on any atom is 0.199 e. The van der Waals surface area contributed by atoms with E-state index < -0.39 is 0 Å². The van der Waals surface area contributed by atoms with Crippen molar-refractivity contribution in [1.29, 1.82) is 0 Å². The number of hydrogen-bond donors (Lipinski definition) is 0. The Morgan fingerprint density at radius 2 is 2.10 bits per heavy atom. The average molecular weight is 139 g/mol. The summed E-state index contributed by atoms with van der Waals surface area (Å²) in [5, 5.41) is 0. The smallest absolute Gasteiger partial charge is 0.199 e. The molecule has 0 N–H and O–H groups in total. The molecule has 0 radical (unpaired) electrons. The third-order valence-corrected chi connectivity index (χ3v) is 1.06. The van der Waals surface area contributed by atoms with E-state index in [0.29, 0.717) is 12.3 Å². The predicted octanol–water partition coefficient (Wildman–Crippen LogP) is 1.61. The van der Waals surface area contributed by atoms with Crippen LogP contribution in [0.5, 0.6) is 0 Å². The van der Waals surface area contributed by atoms with Gasteiger partial charge in [-0.15, -0.1) is 0 Å². The maximum absolute atomic E-state index is 10.6. The number of nitrogens with zero attached hydrogens (tertiary/aromatic N) is 1. The maximum atomic E-state index is 10.6. The lowest BCUT2D eigenvalue weighted by Gasteiger charge is -1.96. The van der Waals surface area contributed by atoms with Crippen molar-refractivity contribution in [2.45, 2.75) is 20.8 Å². The van der Waals surface area contributed by atoms with Gasteiger partial charge in [0.2, 0.25) is 0 Å². The van der Waals surface area contributed by atoms with E-state index in [1.807, 2.05) is 13.8 Å². The van der Waals surface area contributed by atoms with Crippen LogP contribution < -0.4 is 0 Å². The molecule has 1 aliphatic rings. The molecule has 0 unspecified atom stereocenters. The van der Waals surface area contributed by atoms with Gasteiger partial charge in [-0.2, -0.15) is 0 Å². The molecule has 0 saturated heterocycles. The van der Waals surface area contributed by atoms with Crippen LogP contribution in [-0.4, -0.2) is 18.0 Å². The topological polar surface area (TPSA) is 29.4 Å². The minimum absolute atomic E-state index is 0.0382. The van der Waals surface area contributed by atoms with Crippen LogP contribution in [0.2, 0.25) is 0 Å². The summed E-state index contributed by atoms with van der Waals surface area (Å²) in [6.45, 7) is 6.39. The van der Waals surface area contributed by atoms with E-state index in [1.165, 1.54) is 0 Å². The SMILES string of the molecule is CC.CC1=NCC=CC1=O. The molecule has 2 nitrogen and oxygen atoms in total. The summed E-state index contributed by atoms with van der Waals surface area (Å²) in [5.74, 6) is 0.0382. The lowest BCUT2D eigenvalue weighted by Crippen LogP contribution is -2.10. The molecule has 56 valence electrons. The highest BCUT2D eigenvalue weighted by molar-refractivity contribution is 6.43. The van der Waals surface area contributed by atoms with Gasteiger partial charge in [0.05, 0.1) is 12.3 Å². The normalized spacial score (nSPS) is 15.5. The zero-order valence-corrected chi connectivity index (χ0v) is 6.72. The van der Waals surface area contributed by atoms with Gasteiger partial charge in [0, 0.05) is 0 Å². The third kappa shape index (κ3) is 2.58. The Kier molecular flexibility index (Phi) is 4.46. The number of carbonyl (C=O) groups is 1. The Labute approximate surface area is 61.7 Å². The Morgan fingerprint density at radius 1 is 1.50 bits per heavy atom. The first-order valence-electron chi connectivity index (χ1n) is 3.52. The summed E-state index contributed by atoms with van der Waals surface area (Å²) in [7, 11) is 0. The number of carbonyl (C=O) groups excluding carboxylic acids is 1. The van der Waals surface area contributed by atoms with Crippen molar-refractivity contribution in [1.82, 2.24) is 0 Å². The van der Waals surface area contributed by atoms with Gasteiger partial charge in [0.1, 0.15) is 0 Å². The number of hydrogen-bond acceptors (Lipinski definition) is 2. The molecule has 0 fully saturated rings. The lowest BCUT2D eigenvalue weighted by atomic mass is 10.2. The van der Waals surface area contributed by atoms with Crippen molar-refractivity contribution in [2.75, 3.05) is 6.54 Å². The number of allylic oxidation sites excluding steroid dienone is 1. The Balaban J connectivity index is 0.000000371.